The van der Waals surface area contributed by atoms with Crippen LogP contribution >= 0.6 is 0 Å². The summed E-state index contributed by atoms with van der Waals surface area (Å²) in [5, 5.41) is 3.80. The molecule has 0 fully saturated rings. The topological polar surface area (TPSA) is 56.0 Å². The smallest absolute Gasteiger partial charge is 0.227 e. The van der Waals surface area contributed by atoms with Gasteiger partial charge in [0.05, 0.1) is 0 Å². The number of aromatic nitrogens is 2. The molecule has 24 heavy (non-hydrogen) atoms. The van der Waals surface area contributed by atoms with Gasteiger partial charge in [-0.25, -0.2) is 8.78 Å². The molecule has 0 N–H and O–H groups in total. The highest BCUT2D eigenvalue weighted by molar-refractivity contribution is 5.97. The largest absolute Gasteiger partial charge is 0.339 e. The van der Waals surface area contributed by atoms with Crippen molar-refractivity contribution in [1.82, 2.24) is 10.1 Å². The molecular weight excluding hydrogens is 314 g/mol. The maximum Gasteiger partial charge on any atom is 0.227 e. The predicted molar refractivity (Wildman–Crippen MR) is 83.3 cm³/mol. The summed E-state index contributed by atoms with van der Waals surface area (Å²) in [5.41, 5.74) is 0.793. The van der Waals surface area contributed by atoms with Gasteiger partial charge in [-0.3, -0.25) is 4.79 Å². The van der Waals surface area contributed by atoms with Gasteiger partial charge in [-0.1, -0.05) is 36.3 Å². The number of halogens is 2. The molecule has 122 valence electrons. The Bertz CT molecular complexity index is 877. The molecule has 3 rings (SSSR count). The van der Waals surface area contributed by atoms with E-state index in [-0.39, 0.29) is 23.9 Å². The Morgan fingerprint density at radius 2 is 1.83 bits per heavy atom. The van der Waals surface area contributed by atoms with Crippen LogP contribution in [0.3, 0.4) is 0 Å². The number of carbonyl (C=O) groups is 1. The third kappa shape index (κ3) is 3.53. The number of nitrogens with zero attached hydrogens (tertiary/aromatic N) is 2. The molecule has 0 amide bonds. The number of benzene rings is 2. The summed E-state index contributed by atoms with van der Waals surface area (Å²) in [5.74, 6) is -0.984. The lowest BCUT2D eigenvalue weighted by Gasteiger charge is -2.07. The molecular formula is C18H14F2N2O2. The lowest BCUT2D eigenvalue weighted by Crippen LogP contribution is -2.14. The molecule has 4 nitrogen and oxygen atoms in total. The molecule has 0 spiro atoms. The first-order valence-electron chi connectivity index (χ1n) is 7.41. The van der Waals surface area contributed by atoms with Gasteiger partial charge in [0.2, 0.25) is 11.7 Å². The molecule has 0 aliphatic rings. The van der Waals surface area contributed by atoms with Crippen LogP contribution in [0.4, 0.5) is 8.78 Å². The van der Waals surface area contributed by atoms with E-state index in [0.717, 1.165) is 0 Å². The fourth-order valence-electron chi connectivity index (χ4n) is 2.36. The highest BCUT2D eigenvalue weighted by atomic mass is 19.1. The van der Waals surface area contributed by atoms with E-state index in [1.807, 2.05) is 0 Å². The van der Waals surface area contributed by atoms with Gasteiger partial charge >= 0.3 is 0 Å². The molecule has 1 aromatic heterocycles. The summed E-state index contributed by atoms with van der Waals surface area (Å²) >= 11 is 0. The molecule has 1 heterocycles. The molecule has 0 saturated carbocycles. The maximum atomic E-state index is 13.2. The van der Waals surface area contributed by atoms with Crippen molar-refractivity contribution in [2.24, 2.45) is 5.92 Å². The number of hydrogen-bond donors (Lipinski definition) is 0. The van der Waals surface area contributed by atoms with Crippen molar-refractivity contribution in [2.45, 2.75) is 13.3 Å². The lowest BCUT2D eigenvalue weighted by molar-refractivity contribution is 0.0923. The minimum Gasteiger partial charge on any atom is -0.339 e. The van der Waals surface area contributed by atoms with Crippen LogP contribution in [0.1, 0.15) is 23.2 Å². The van der Waals surface area contributed by atoms with Crippen molar-refractivity contribution >= 4 is 5.78 Å². The number of rotatable bonds is 5. The predicted octanol–water partition coefficient (Wildman–Crippen LogP) is 4.08. The first-order valence-corrected chi connectivity index (χ1v) is 7.41. The normalized spacial score (nSPS) is 12.1. The molecule has 0 unspecified atom stereocenters. The molecule has 0 bridgehead atoms. The van der Waals surface area contributed by atoms with Gasteiger partial charge in [0.25, 0.3) is 0 Å². The van der Waals surface area contributed by atoms with E-state index in [0.29, 0.717) is 11.1 Å². The van der Waals surface area contributed by atoms with E-state index in [4.69, 9.17) is 4.52 Å². The van der Waals surface area contributed by atoms with Gasteiger partial charge in [0.1, 0.15) is 11.6 Å². The van der Waals surface area contributed by atoms with E-state index in [1.54, 1.807) is 25.1 Å². The standard InChI is InChI=1S/C18H14F2N2O2/c1-11(17(23)12-4-2-6-14(19)9-12)8-16-21-18(22-24-16)13-5-3-7-15(20)10-13/h2-7,9-11H,8H2,1H3/t11-/m1/s1. The quantitative estimate of drug-likeness (QED) is 0.662. The van der Waals surface area contributed by atoms with Crippen LogP contribution in [-0.2, 0) is 6.42 Å². The summed E-state index contributed by atoms with van der Waals surface area (Å²) in [4.78, 5) is 16.5. The van der Waals surface area contributed by atoms with Gasteiger partial charge < -0.3 is 4.52 Å². The third-order valence-corrected chi connectivity index (χ3v) is 3.59. The Morgan fingerprint density at radius 3 is 2.54 bits per heavy atom. The molecule has 3 aromatic rings. The Hall–Kier alpha value is -2.89. The Balaban J connectivity index is 1.73. The summed E-state index contributed by atoms with van der Waals surface area (Å²) in [6, 6.07) is 11.4. The van der Waals surface area contributed by atoms with E-state index >= 15 is 0 Å². The van der Waals surface area contributed by atoms with Crippen LogP contribution in [0.5, 0.6) is 0 Å². The van der Waals surface area contributed by atoms with E-state index in [1.165, 1.54) is 30.3 Å². The van der Waals surface area contributed by atoms with Crippen molar-refractivity contribution in [2.75, 3.05) is 0 Å². The van der Waals surface area contributed by atoms with Crippen LogP contribution in [0.15, 0.2) is 53.1 Å². The van der Waals surface area contributed by atoms with Gasteiger partial charge in [0, 0.05) is 23.5 Å². The number of Topliss-reactive ketones (excluding diaryl/α,β-unsaturated/α-hetero) is 1. The Labute approximate surface area is 137 Å². The van der Waals surface area contributed by atoms with Crippen molar-refractivity contribution in [3.05, 3.63) is 71.6 Å². The summed E-state index contributed by atoms with van der Waals surface area (Å²) in [6.45, 7) is 1.71. The summed E-state index contributed by atoms with van der Waals surface area (Å²) in [6.07, 6.45) is 0.220. The molecule has 0 saturated heterocycles. The SMILES string of the molecule is C[C@H](Cc1nc(-c2cccc(F)c2)no1)C(=O)c1cccc(F)c1. The highest BCUT2D eigenvalue weighted by Crippen LogP contribution is 2.19. The fourth-order valence-corrected chi connectivity index (χ4v) is 2.36. The second-order valence-corrected chi connectivity index (χ2v) is 5.50. The van der Waals surface area contributed by atoms with Crippen molar-refractivity contribution in [3.8, 4) is 11.4 Å². The zero-order valence-corrected chi connectivity index (χ0v) is 12.9. The van der Waals surface area contributed by atoms with Crippen molar-refractivity contribution in [3.63, 3.8) is 0 Å². The first-order chi connectivity index (χ1) is 11.5. The second-order valence-electron chi connectivity index (χ2n) is 5.50. The zero-order valence-electron chi connectivity index (χ0n) is 12.9. The van der Waals surface area contributed by atoms with Gasteiger partial charge in [0.15, 0.2) is 5.78 Å². The molecule has 2 aromatic carbocycles. The second kappa shape index (κ2) is 6.70. The molecule has 1 atom stereocenters. The molecule has 0 aliphatic carbocycles. The van der Waals surface area contributed by atoms with Gasteiger partial charge in [-0.2, -0.15) is 4.98 Å². The number of ketones is 1. The van der Waals surface area contributed by atoms with Crippen LogP contribution < -0.4 is 0 Å². The zero-order chi connectivity index (χ0) is 17.1. The van der Waals surface area contributed by atoms with E-state index in [9.17, 15) is 13.6 Å². The van der Waals surface area contributed by atoms with Gasteiger partial charge in [-0.15, -0.1) is 0 Å². The minimum absolute atomic E-state index is 0.208. The Kier molecular flexibility index (Phi) is 4.46. The van der Waals surface area contributed by atoms with E-state index in [2.05, 4.69) is 10.1 Å². The third-order valence-electron chi connectivity index (χ3n) is 3.59. The molecule has 0 aliphatic heterocycles. The lowest BCUT2D eigenvalue weighted by atomic mass is 9.96. The summed E-state index contributed by atoms with van der Waals surface area (Å²) in [7, 11) is 0. The average molecular weight is 328 g/mol. The summed E-state index contributed by atoms with van der Waals surface area (Å²) < 4.78 is 31.6. The fraction of sp³-hybridized carbons (Fsp3) is 0.167. The van der Waals surface area contributed by atoms with Crippen LogP contribution in [0.2, 0.25) is 0 Å². The monoisotopic (exact) mass is 328 g/mol. The maximum absolute atomic E-state index is 13.2. The van der Waals surface area contributed by atoms with Crippen LogP contribution in [0, 0.1) is 17.6 Å². The van der Waals surface area contributed by atoms with E-state index < -0.39 is 17.6 Å². The molecule has 6 heteroatoms. The first kappa shape index (κ1) is 16.0. The minimum atomic E-state index is -0.459. The molecule has 0 radical (unpaired) electrons. The van der Waals surface area contributed by atoms with Crippen LogP contribution in [0.25, 0.3) is 11.4 Å². The average Bonchev–Trinajstić information content (AvgIpc) is 3.02. The van der Waals surface area contributed by atoms with Crippen LogP contribution in [-0.4, -0.2) is 15.9 Å². The highest BCUT2D eigenvalue weighted by Gasteiger charge is 2.20. The Morgan fingerprint density at radius 1 is 1.12 bits per heavy atom. The number of carbonyl (C=O) groups excluding carboxylic acids is 1. The number of hydrogen-bond acceptors (Lipinski definition) is 4. The van der Waals surface area contributed by atoms with Crippen molar-refractivity contribution < 1.29 is 18.1 Å². The van der Waals surface area contributed by atoms with Crippen molar-refractivity contribution in [1.29, 1.82) is 0 Å². The van der Waals surface area contributed by atoms with Gasteiger partial charge in [-0.05, 0) is 24.3 Å².